The Hall–Kier alpha value is -0.860. The lowest BCUT2D eigenvalue weighted by Gasteiger charge is -2.46. The fourth-order valence-corrected chi connectivity index (χ4v) is 2.70. The molecule has 1 fully saturated rings. The summed E-state index contributed by atoms with van der Waals surface area (Å²) in [7, 11) is 0. The molecule has 1 aliphatic rings. The molecule has 0 spiro atoms. The van der Waals surface area contributed by atoms with Gasteiger partial charge in [-0.05, 0) is 44.4 Å². The Balaban J connectivity index is 2.32. The summed E-state index contributed by atoms with van der Waals surface area (Å²) in [6.07, 6.45) is 3.63. The Morgan fingerprint density at radius 3 is 2.50 bits per heavy atom. The number of nitrogens with two attached hydrogens (primary N) is 2. The van der Waals surface area contributed by atoms with Crippen molar-refractivity contribution >= 4 is 0 Å². The summed E-state index contributed by atoms with van der Waals surface area (Å²) in [5.74, 6) is 0. The summed E-state index contributed by atoms with van der Waals surface area (Å²) in [6, 6.07) is 6.62. The van der Waals surface area contributed by atoms with Crippen molar-refractivity contribution in [1.29, 1.82) is 0 Å². The van der Waals surface area contributed by atoms with Gasteiger partial charge >= 0.3 is 0 Å². The summed E-state index contributed by atoms with van der Waals surface area (Å²) in [5, 5.41) is 0. The largest absolute Gasteiger partial charge is 0.330 e. The quantitative estimate of drug-likeness (QED) is 0.818. The number of benzene rings is 1. The molecular formula is C14H22N2. The fraction of sp³-hybridized carbons (Fsp3) is 0.571. The maximum absolute atomic E-state index is 6.44. The highest BCUT2D eigenvalue weighted by Gasteiger charge is 2.42. The third-order valence-electron chi connectivity index (χ3n) is 4.19. The molecule has 0 heterocycles. The topological polar surface area (TPSA) is 52.0 Å². The summed E-state index contributed by atoms with van der Waals surface area (Å²) in [6.45, 7) is 4.96. The maximum atomic E-state index is 6.44. The number of hydrogen-bond donors (Lipinski definition) is 2. The van der Waals surface area contributed by atoms with Crippen molar-refractivity contribution in [1.82, 2.24) is 0 Å². The van der Waals surface area contributed by atoms with Crippen LogP contribution in [0.3, 0.4) is 0 Å². The number of hydrogen-bond acceptors (Lipinski definition) is 2. The molecule has 16 heavy (non-hydrogen) atoms. The number of aryl methyl sites for hydroxylation is 2. The predicted octanol–water partition coefficient (Wildman–Crippen LogP) is 2.43. The third kappa shape index (κ3) is 1.76. The van der Waals surface area contributed by atoms with Crippen molar-refractivity contribution in [2.45, 2.75) is 39.2 Å². The first-order valence-corrected chi connectivity index (χ1v) is 6.12. The van der Waals surface area contributed by atoms with Crippen LogP contribution in [0.5, 0.6) is 0 Å². The van der Waals surface area contributed by atoms with Crippen LogP contribution in [0.15, 0.2) is 18.2 Å². The van der Waals surface area contributed by atoms with Crippen molar-refractivity contribution < 1.29 is 0 Å². The molecule has 1 unspecified atom stereocenters. The molecule has 88 valence electrons. The monoisotopic (exact) mass is 218 g/mol. The molecule has 0 saturated heterocycles. The summed E-state index contributed by atoms with van der Waals surface area (Å²) in [4.78, 5) is 0. The molecule has 1 atom stereocenters. The van der Waals surface area contributed by atoms with E-state index in [1.54, 1.807) is 0 Å². The Bertz CT molecular complexity index is 375. The van der Waals surface area contributed by atoms with Gasteiger partial charge in [0.25, 0.3) is 0 Å². The molecular weight excluding hydrogens is 196 g/mol. The molecule has 2 nitrogen and oxygen atoms in total. The lowest BCUT2D eigenvalue weighted by atomic mass is 9.62. The van der Waals surface area contributed by atoms with Gasteiger partial charge in [-0.3, -0.25) is 0 Å². The normalized spacial score (nSPS) is 20.2. The second-order valence-corrected chi connectivity index (χ2v) is 5.26. The molecule has 0 bridgehead atoms. The Morgan fingerprint density at radius 1 is 1.31 bits per heavy atom. The van der Waals surface area contributed by atoms with Gasteiger partial charge in [-0.25, -0.2) is 0 Å². The molecule has 0 aliphatic heterocycles. The van der Waals surface area contributed by atoms with E-state index in [0.29, 0.717) is 6.54 Å². The van der Waals surface area contributed by atoms with E-state index in [4.69, 9.17) is 11.5 Å². The second kappa shape index (κ2) is 4.19. The van der Waals surface area contributed by atoms with Crippen LogP contribution in [0.2, 0.25) is 0 Å². The standard InChI is InChI=1S/C14H22N2/c1-10-4-5-11(2)12(8-10)13(16)14(9-15)6-3-7-14/h4-5,8,13H,3,6-7,9,15-16H2,1-2H3. The van der Waals surface area contributed by atoms with Gasteiger partial charge in [0.15, 0.2) is 0 Å². The molecule has 2 heteroatoms. The van der Waals surface area contributed by atoms with Crippen molar-refractivity contribution in [3.8, 4) is 0 Å². The zero-order chi connectivity index (χ0) is 11.8. The van der Waals surface area contributed by atoms with Crippen LogP contribution in [-0.4, -0.2) is 6.54 Å². The van der Waals surface area contributed by atoms with Crippen molar-refractivity contribution in [3.63, 3.8) is 0 Å². The second-order valence-electron chi connectivity index (χ2n) is 5.26. The fourth-order valence-electron chi connectivity index (χ4n) is 2.70. The Kier molecular flexibility index (Phi) is 3.04. The maximum Gasteiger partial charge on any atom is 0.0367 e. The van der Waals surface area contributed by atoms with Crippen LogP contribution in [0.4, 0.5) is 0 Å². The first-order chi connectivity index (χ1) is 7.59. The molecule has 0 aromatic heterocycles. The van der Waals surface area contributed by atoms with Crippen LogP contribution in [0, 0.1) is 19.3 Å². The van der Waals surface area contributed by atoms with Gasteiger partial charge in [0, 0.05) is 11.5 Å². The Labute approximate surface area is 98.0 Å². The first kappa shape index (κ1) is 11.6. The molecule has 0 radical (unpaired) electrons. The molecule has 0 amide bonds. The van der Waals surface area contributed by atoms with Crippen molar-refractivity contribution in [3.05, 3.63) is 34.9 Å². The highest BCUT2D eigenvalue weighted by molar-refractivity contribution is 5.34. The van der Waals surface area contributed by atoms with E-state index >= 15 is 0 Å². The van der Waals surface area contributed by atoms with E-state index in [1.807, 2.05) is 0 Å². The van der Waals surface area contributed by atoms with Crippen LogP contribution in [-0.2, 0) is 0 Å². The predicted molar refractivity (Wildman–Crippen MR) is 68.2 cm³/mol. The van der Waals surface area contributed by atoms with Gasteiger partial charge in [-0.15, -0.1) is 0 Å². The van der Waals surface area contributed by atoms with Crippen LogP contribution >= 0.6 is 0 Å². The van der Waals surface area contributed by atoms with E-state index in [2.05, 4.69) is 32.0 Å². The first-order valence-electron chi connectivity index (χ1n) is 6.12. The minimum atomic E-state index is 0.103. The van der Waals surface area contributed by atoms with Gasteiger partial charge in [0.2, 0.25) is 0 Å². The van der Waals surface area contributed by atoms with Crippen molar-refractivity contribution in [2.75, 3.05) is 6.54 Å². The summed E-state index contributed by atoms with van der Waals surface area (Å²) < 4.78 is 0. The summed E-state index contributed by atoms with van der Waals surface area (Å²) >= 11 is 0. The Morgan fingerprint density at radius 2 is 2.00 bits per heavy atom. The minimum Gasteiger partial charge on any atom is -0.330 e. The van der Waals surface area contributed by atoms with E-state index in [9.17, 15) is 0 Å². The smallest absolute Gasteiger partial charge is 0.0367 e. The van der Waals surface area contributed by atoms with Gasteiger partial charge in [0.05, 0.1) is 0 Å². The average molecular weight is 218 g/mol. The highest BCUT2D eigenvalue weighted by Crippen LogP contribution is 2.48. The van der Waals surface area contributed by atoms with Gasteiger partial charge in [0.1, 0.15) is 0 Å². The van der Waals surface area contributed by atoms with E-state index < -0.39 is 0 Å². The van der Waals surface area contributed by atoms with Gasteiger partial charge < -0.3 is 11.5 Å². The van der Waals surface area contributed by atoms with Gasteiger partial charge in [-0.1, -0.05) is 30.2 Å². The molecule has 2 rings (SSSR count). The van der Waals surface area contributed by atoms with E-state index in [1.165, 1.54) is 36.0 Å². The zero-order valence-corrected chi connectivity index (χ0v) is 10.3. The molecule has 1 aromatic rings. The lowest BCUT2D eigenvalue weighted by molar-refractivity contribution is 0.104. The molecule has 4 N–H and O–H groups in total. The van der Waals surface area contributed by atoms with Crippen LogP contribution in [0.25, 0.3) is 0 Å². The van der Waals surface area contributed by atoms with E-state index in [-0.39, 0.29) is 11.5 Å². The highest BCUT2D eigenvalue weighted by atomic mass is 14.8. The van der Waals surface area contributed by atoms with E-state index in [0.717, 1.165) is 0 Å². The average Bonchev–Trinajstić information content (AvgIpc) is 2.21. The van der Waals surface area contributed by atoms with Crippen LogP contribution in [0.1, 0.15) is 42.0 Å². The lowest BCUT2D eigenvalue weighted by Crippen LogP contribution is -2.46. The molecule has 1 aliphatic carbocycles. The van der Waals surface area contributed by atoms with Gasteiger partial charge in [-0.2, -0.15) is 0 Å². The van der Waals surface area contributed by atoms with Crippen molar-refractivity contribution in [2.24, 2.45) is 16.9 Å². The van der Waals surface area contributed by atoms with Crippen LogP contribution < -0.4 is 11.5 Å². The SMILES string of the molecule is Cc1ccc(C)c(C(N)C2(CN)CCC2)c1. The summed E-state index contributed by atoms with van der Waals surface area (Å²) in [5.41, 5.74) is 16.4. The molecule has 1 aromatic carbocycles. The minimum absolute atomic E-state index is 0.103. The third-order valence-corrected chi connectivity index (χ3v) is 4.19. The zero-order valence-electron chi connectivity index (χ0n) is 10.3. The molecule has 1 saturated carbocycles. The number of rotatable bonds is 3.